The Labute approximate surface area is 122 Å². The summed E-state index contributed by atoms with van der Waals surface area (Å²) in [5.74, 6) is -0.0402. The van der Waals surface area contributed by atoms with Gasteiger partial charge in [0.25, 0.3) is 5.91 Å². The van der Waals surface area contributed by atoms with E-state index in [1.165, 1.54) is 11.3 Å². The second-order valence-electron chi connectivity index (χ2n) is 5.38. The summed E-state index contributed by atoms with van der Waals surface area (Å²) in [4.78, 5) is 21.3. The predicted octanol–water partition coefficient (Wildman–Crippen LogP) is 2.28. The van der Waals surface area contributed by atoms with Gasteiger partial charge in [-0.3, -0.25) is 4.79 Å². The summed E-state index contributed by atoms with van der Waals surface area (Å²) in [6.45, 7) is 5.70. The highest BCUT2D eigenvalue weighted by Gasteiger charge is 2.21. The Morgan fingerprint density at radius 1 is 1.55 bits per heavy atom. The van der Waals surface area contributed by atoms with Gasteiger partial charge in [-0.2, -0.15) is 0 Å². The lowest BCUT2D eigenvalue weighted by Gasteiger charge is -2.16. The van der Waals surface area contributed by atoms with Gasteiger partial charge in [0, 0.05) is 24.3 Å². The van der Waals surface area contributed by atoms with Gasteiger partial charge in [-0.25, -0.2) is 4.98 Å². The van der Waals surface area contributed by atoms with E-state index in [1.54, 1.807) is 38.1 Å². The normalized spacial score (nSPS) is 11.7. The fraction of sp³-hybridized carbons (Fsp3) is 0.429. The Hall–Kier alpha value is -1.66. The van der Waals surface area contributed by atoms with Crippen LogP contribution >= 0.6 is 11.3 Å². The molecular formula is C14H19N3O2S. The zero-order valence-corrected chi connectivity index (χ0v) is 12.9. The van der Waals surface area contributed by atoms with E-state index in [1.807, 2.05) is 12.3 Å². The van der Waals surface area contributed by atoms with Gasteiger partial charge in [0.1, 0.15) is 10.6 Å². The minimum Gasteiger partial charge on any atom is -0.383 e. The number of amides is 1. The van der Waals surface area contributed by atoms with E-state index in [2.05, 4.69) is 9.97 Å². The molecule has 6 heteroatoms. The van der Waals surface area contributed by atoms with Gasteiger partial charge in [-0.15, -0.1) is 11.3 Å². The Morgan fingerprint density at radius 3 is 2.75 bits per heavy atom. The molecule has 0 aliphatic rings. The molecule has 0 radical (unpaired) electrons. The third-order valence-electron chi connectivity index (χ3n) is 3.01. The molecule has 0 atom stereocenters. The number of aliphatic hydroxyl groups is 1. The first kappa shape index (κ1) is 14.7. The number of rotatable bonds is 4. The SMILES string of the molecule is Cc1[nH]ccc1C(=O)N(C)Cc1csc(C(C)(C)O)n1. The molecule has 0 saturated heterocycles. The van der Waals surface area contributed by atoms with E-state index in [4.69, 9.17) is 0 Å². The van der Waals surface area contributed by atoms with Crippen LogP contribution in [0.5, 0.6) is 0 Å². The second kappa shape index (κ2) is 5.38. The van der Waals surface area contributed by atoms with E-state index in [0.29, 0.717) is 17.1 Å². The molecule has 2 rings (SSSR count). The third kappa shape index (κ3) is 3.08. The molecule has 5 nitrogen and oxygen atoms in total. The molecule has 1 amide bonds. The number of aromatic amines is 1. The van der Waals surface area contributed by atoms with Gasteiger partial charge < -0.3 is 15.0 Å². The highest BCUT2D eigenvalue weighted by molar-refractivity contribution is 7.09. The lowest BCUT2D eigenvalue weighted by atomic mass is 10.1. The van der Waals surface area contributed by atoms with Crippen LogP contribution in [-0.4, -0.2) is 32.9 Å². The van der Waals surface area contributed by atoms with Crippen LogP contribution in [0, 0.1) is 6.92 Å². The first-order chi connectivity index (χ1) is 9.29. The van der Waals surface area contributed by atoms with Crippen LogP contribution < -0.4 is 0 Å². The Bertz CT molecular complexity index is 610. The second-order valence-corrected chi connectivity index (χ2v) is 6.24. The molecule has 0 saturated carbocycles. The molecule has 2 aromatic heterocycles. The minimum atomic E-state index is -0.942. The zero-order valence-electron chi connectivity index (χ0n) is 12.1. The summed E-state index contributed by atoms with van der Waals surface area (Å²) < 4.78 is 0. The van der Waals surface area contributed by atoms with E-state index < -0.39 is 5.60 Å². The average molecular weight is 293 g/mol. The van der Waals surface area contributed by atoms with Crippen molar-refractivity contribution >= 4 is 17.2 Å². The van der Waals surface area contributed by atoms with Gasteiger partial charge in [-0.05, 0) is 26.8 Å². The number of carbonyl (C=O) groups is 1. The van der Waals surface area contributed by atoms with Crippen LogP contribution in [0.25, 0.3) is 0 Å². The quantitative estimate of drug-likeness (QED) is 0.908. The van der Waals surface area contributed by atoms with Crippen molar-refractivity contribution in [3.63, 3.8) is 0 Å². The van der Waals surface area contributed by atoms with E-state index in [0.717, 1.165) is 11.4 Å². The molecule has 2 aromatic rings. The molecule has 108 valence electrons. The molecule has 0 unspecified atom stereocenters. The van der Waals surface area contributed by atoms with Crippen LogP contribution in [0.4, 0.5) is 0 Å². The number of carbonyl (C=O) groups excluding carboxylic acids is 1. The fourth-order valence-electron chi connectivity index (χ4n) is 1.87. The molecule has 0 aliphatic carbocycles. The first-order valence-corrected chi connectivity index (χ1v) is 7.23. The van der Waals surface area contributed by atoms with Crippen LogP contribution in [0.1, 0.15) is 40.6 Å². The number of nitrogens with one attached hydrogen (secondary N) is 1. The van der Waals surface area contributed by atoms with Gasteiger partial charge in [0.05, 0.1) is 17.8 Å². The molecule has 2 N–H and O–H groups in total. The van der Waals surface area contributed by atoms with Crippen molar-refractivity contribution in [1.82, 2.24) is 14.9 Å². The highest BCUT2D eigenvalue weighted by Crippen LogP contribution is 2.24. The molecule has 20 heavy (non-hydrogen) atoms. The fourth-order valence-corrected chi connectivity index (χ4v) is 2.70. The van der Waals surface area contributed by atoms with Crippen molar-refractivity contribution in [3.8, 4) is 0 Å². The maximum absolute atomic E-state index is 12.3. The third-order valence-corrected chi connectivity index (χ3v) is 4.21. The maximum atomic E-state index is 12.3. The molecule has 0 fully saturated rings. The highest BCUT2D eigenvalue weighted by atomic mass is 32.1. The summed E-state index contributed by atoms with van der Waals surface area (Å²) in [7, 11) is 1.75. The molecule has 0 aromatic carbocycles. The molecule has 0 bridgehead atoms. The zero-order chi connectivity index (χ0) is 14.9. The molecule has 0 aliphatic heterocycles. The summed E-state index contributed by atoms with van der Waals surface area (Å²) in [6.07, 6.45) is 1.76. The average Bonchev–Trinajstić information content (AvgIpc) is 2.96. The summed E-state index contributed by atoms with van der Waals surface area (Å²) >= 11 is 1.41. The predicted molar refractivity (Wildman–Crippen MR) is 78.7 cm³/mol. The van der Waals surface area contributed by atoms with Gasteiger partial charge in [0.15, 0.2) is 0 Å². The topological polar surface area (TPSA) is 69.2 Å². The minimum absolute atomic E-state index is 0.0402. The van der Waals surface area contributed by atoms with E-state index in [9.17, 15) is 9.90 Å². The summed E-state index contributed by atoms with van der Waals surface area (Å²) in [6, 6.07) is 1.78. The van der Waals surface area contributed by atoms with Crippen LogP contribution in [0.3, 0.4) is 0 Å². The van der Waals surface area contributed by atoms with E-state index >= 15 is 0 Å². The number of hydrogen-bond donors (Lipinski definition) is 2. The smallest absolute Gasteiger partial charge is 0.255 e. The Kier molecular flexibility index (Phi) is 3.96. The number of hydrogen-bond acceptors (Lipinski definition) is 4. The van der Waals surface area contributed by atoms with Gasteiger partial charge >= 0.3 is 0 Å². The van der Waals surface area contributed by atoms with Crippen molar-refractivity contribution in [2.75, 3.05) is 7.05 Å². The monoisotopic (exact) mass is 293 g/mol. The van der Waals surface area contributed by atoms with Gasteiger partial charge in [-0.1, -0.05) is 0 Å². The van der Waals surface area contributed by atoms with Gasteiger partial charge in [0.2, 0.25) is 0 Å². The number of thiazole rings is 1. The van der Waals surface area contributed by atoms with Crippen molar-refractivity contribution in [2.45, 2.75) is 32.9 Å². The Morgan fingerprint density at radius 2 is 2.25 bits per heavy atom. The lowest BCUT2D eigenvalue weighted by molar-refractivity contribution is 0.0769. The summed E-state index contributed by atoms with van der Waals surface area (Å²) in [5, 5.41) is 12.4. The van der Waals surface area contributed by atoms with Crippen LogP contribution in [-0.2, 0) is 12.1 Å². The number of H-pyrrole nitrogens is 1. The molecule has 2 heterocycles. The van der Waals surface area contributed by atoms with Crippen molar-refractivity contribution in [2.24, 2.45) is 0 Å². The first-order valence-electron chi connectivity index (χ1n) is 6.35. The number of aryl methyl sites for hydroxylation is 1. The molecular weight excluding hydrogens is 274 g/mol. The Balaban J connectivity index is 2.08. The summed E-state index contributed by atoms with van der Waals surface area (Å²) in [5.41, 5.74) is 1.38. The molecule has 0 spiro atoms. The van der Waals surface area contributed by atoms with E-state index in [-0.39, 0.29) is 5.91 Å². The van der Waals surface area contributed by atoms with Crippen LogP contribution in [0.2, 0.25) is 0 Å². The van der Waals surface area contributed by atoms with Crippen molar-refractivity contribution < 1.29 is 9.90 Å². The standard InChI is InChI=1S/C14H19N3O2S/c1-9-11(5-6-15-9)12(18)17(4)7-10-8-20-13(16-10)14(2,3)19/h5-6,8,15,19H,7H2,1-4H3. The van der Waals surface area contributed by atoms with Crippen LogP contribution in [0.15, 0.2) is 17.6 Å². The number of aromatic nitrogens is 2. The number of nitrogens with zero attached hydrogens (tertiary/aromatic N) is 2. The largest absolute Gasteiger partial charge is 0.383 e. The maximum Gasteiger partial charge on any atom is 0.255 e. The van der Waals surface area contributed by atoms with Crippen molar-refractivity contribution in [3.05, 3.63) is 39.6 Å². The lowest BCUT2D eigenvalue weighted by Crippen LogP contribution is -2.26. The van der Waals surface area contributed by atoms with Crippen molar-refractivity contribution in [1.29, 1.82) is 0 Å².